The number of para-hydroxylation sites is 1. The molecule has 0 atom stereocenters. The highest BCUT2D eigenvalue weighted by molar-refractivity contribution is 5.83. The molecular formula is C14H14N2O2. The smallest absolute Gasteiger partial charge is 0.271 e. The van der Waals surface area contributed by atoms with E-state index in [0.717, 1.165) is 11.3 Å². The molecule has 1 heterocycles. The van der Waals surface area contributed by atoms with Gasteiger partial charge < -0.3 is 5.11 Å². The zero-order chi connectivity index (χ0) is 13.1. The maximum Gasteiger partial charge on any atom is 0.271 e. The molecule has 0 bridgehead atoms. The van der Waals surface area contributed by atoms with Gasteiger partial charge in [0, 0.05) is 17.3 Å². The van der Waals surface area contributed by atoms with Crippen LogP contribution in [0.5, 0.6) is 5.75 Å². The Balaban J connectivity index is 2.42. The number of benzene rings is 1. The SMILES string of the molecule is Cc1cc(C)n(/N=C\c2ccccc2O)c(=O)c1. The summed E-state index contributed by atoms with van der Waals surface area (Å²) in [6.45, 7) is 3.68. The van der Waals surface area contributed by atoms with Gasteiger partial charge >= 0.3 is 0 Å². The third-order valence-electron chi connectivity index (χ3n) is 2.58. The van der Waals surface area contributed by atoms with Crippen LogP contribution in [-0.2, 0) is 0 Å². The molecule has 0 spiro atoms. The van der Waals surface area contributed by atoms with Gasteiger partial charge in [0.15, 0.2) is 0 Å². The normalized spacial score (nSPS) is 11.0. The van der Waals surface area contributed by atoms with Crippen LogP contribution in [0.25, 0.3) is 0 Å². The van der Waals surface area contributed by atoms with Gasteiger partial charge in [0.1, 0.15) is 5.75 Å². The minimum absolute atomic E-state index is 0.138. The average Bonchev–Trinajstić information content (AvgIpc) is 2.30. The van der Waals surface area contributed by atoms with Gasteiger partial charge in [-0.25, -0.2) is 4.68 Å². The molecular weight excluding hydrogens is 228 g/mol. The first kappa shape index (κ1) is 12.1. The zero-order valence-corrected chi connectivity index (χ0v) is 10.3. The first-order valence-corrected chi connectivity index (χ1v) is 5.60. The number of hydrogen-bond acceptors (Lipinski definition) is 3. The number of aromatic hydroxyl groups is 1. The fourth-order valence-corrected chi connectivity index (χ4v) is 1.73. The summed E-state index contributed by atoms with van der Waals surface area (Å²) in [5.74, 6) is 0.138. The Hall–Kier alpha value is -2.36. The lowest BCUT2D eigenvalue weighted by molar-refractivity contribution is 0.474. The molecule has 1 aromatic heterocycles. The van der Waals surface area contributed by atoms with Gasteiger partial charge in [0.05, 0.1) is 6.21 Å². The van der Waals surface area contributed by atoms with Crippen molar-refractivity contribution in [1.82, 2.24) is 4.68 Å². The van der Waals surface area contributed by atoms with Crippen molar-refractivity contribution >= 4 is 6.21 Å². The highest BCUT2D eigenvalue weighted by atomic mass is 16.3. The van der Waals surface area contributed by atoms with Crippen molar-refractivity contribution in [2.45, 2.75) is 13.8 Å². The lowest BCUT2D eigenvalue weighted by atomic mass is 10.2. The molecule has 0 radical (unpaired) electrons. The van der Waals surface area contributed by atoms with Crippen molar-refractivity contribution < 1.29 is 5.11 Å². The van der Waals surface area contributed by atoms with Crippen molar-refractivity contribution in [2.75, 3.05) is 0 Å². The van der Waals surface area contributed by atoms with Crippen LogP contribution >= 0.6 is 0 Å². The van der Waals surface area contributed by atoms with E-state index in [4.69, 9.17) is 0 Å². The van der Waals surface area contributed by atoms with E-state index in [1.54, 1.807) is 24.3 Å². The topological polar surface area (TPSA) is 54.6 Å². The van der Waals surface area contributed by atoms with Crippen molar-refractivity contribution in [3.63, 3.8) is 0 Å². The quantitative estimate of drug-likeness (QED) is 0.819. The monoisotopic (exact) mass is 242 g/mol. The molecule has 0 unspecified atom stereocenters. The van der Waals surface area contributed by atoms with Crippen LogP contribution in [0.4, 0.5) is 0 Å². The van der Waals surface area contributed by atoms with Gasteiger partial charge in [0.25, 0.3) is 5.56 Å². The van der Waals surface area contributed by atoms with Gasteiger partial charge in [-0.1, -0.05) is 12.1 Å². The van der Waals surface area contributed by atoms with Crippen molar-refractivity contribution in [3.05, 3.63) is 63.6 Å². The molecule has 1 aromatic carbocycles. The maximum absolute atomic E-state index is 11.8. The molecule has 2 aromatic rings. The summed E-state index contributed by atoms with van der Waals surface area (Å²) in [5.41, 5.74) is 2.06. The van der Waals surface area contributed by atoms with Gasteiger partial charge in [-0.2, -0.15) is 5.10 Å². The summed E-state index contributed by atoms with van der Waals surface area (Å²) in [6, 6.07) is 10.2. The average molecular weight is 242 g/mol. The van der Waals surface area contributed by atoms with E-state index in [9.17, 15) is 9.90 Å². The molecule has 92 valence electrons. The Labute approximate surface area is 105 Å². The number of pyridine rings is 1. The third-order valence-corrected chi connectivity index (χ3v) is 2.58. The fraction of sp³-hybridized carbons (Fsp3) is 0.143. The Morgan fingerprint density at radius 1 is 1.22 bits per heavy atom. The maximum atomic E-state index is 11.8. The van der Waals surface area contributed by atoms with E-state index in [-0.39, 0.29) is 11.3 Å². The highest BCUT2D eigenvalue weighted by Crippen LogP contribution is 2.12. The predicted molar refractivity (Wildman–Crippen MR) is 71.3 cm³/mol. The molecule has 0 saturated carbocycles. The summed E-state index contributed by atoms with van der Waals surface area (Å²) in [5, 5.41) is 13.7. The lowest BCUT2D eigenvalue weighted by Gasteiger charge is -2.04. The number of rotatable bonds is 2. The molecule has 4 heteroatoms. The first-order chi connectivity index (χ1) is 8.58. The molecule has 0 amide bonds. The van der Waals surface area contributed by atoms with Gasteiger partial charge in [-0.3, -0.25) is 4.79 Å². The number of phenolic OH excluding ortho intramolecular Hbond substituents is 1. The molecule has 0 aliphatic carbocycles. The van der Waals surface area contributed by atoms with Crippen LogP contribution in [0, 0.1) is 13.8 Å². The minimum atomic E-state index is -0.181. The van der Waals surface area contributed by atoms with Crippen LogP contribution in [0.1, 0.15) is 16.8 Å². The zero-order valence-electron chi connectivity index (χ0n) is 10.3. The molecule has 4 nitrogen and oxygen atoms in total. The third kappa shape index (κ3) is 2.48. The highest BCUT2D eigenvalue weighted by Gasteiger charge is 2.00. The largest absolute Gasteiger partial charge is 0.507 e. The number of aryl methyl sites for hydroxylation is 2. The Bertz CT molecular complexity index is 657. The number of phenols is 1. The number of hydrogen-bond donors (Lipinski definition) is 1. The van der Waals surface area contributed by atoms with Crippen molar-refractivity contribution in [3.8, 4) is 5.75 Å². The first-order valence-electron chi connectivity index (χ1n) is 5.60. The minimum Gasteiger partial charge on any atom is -0.507 e. The van der Waals surface area contributed by atoms with E-state index in [2.05, 4.69) is 5.10 Å². The Morgan fingerprint density at radius 2 is 1.94 bits per heavy atom. The van der Waals surface area contributed by atoms with Crippen molar-refractivity contribution in [1.29, 1.82) is 0 Å². The fourth-order valence-electron chi connectivity index (χ4n) is 1.73. The molecule has 18 heavy (non-hydrogen) atoms. The molecule has 0 saturated heterocycles. The van der Waals surface area contributed by atoms with Crippen LogP contribution in [0.2, 0.25) is 0 Å². The second-order valence-electron chi connectivity index (χ2n) is 4.13. The Kier molecular flexibility index (Phi) is 3.28. The second kappa shape index (κ2) is 4.87. The van der Waals surface area contributed by atoms with Crippen LogP contribution in [0.15, 0.2) is 46.3 Å². The summed E-state index contributed by atoms with van der Waals surface area (Å²) in [7, 11) is 0. The van der Waals surface area contributed by atoms with E-state index in [1.165, 1.54) is 17.0 Å². The molecule has 0 fully saturated rings. The molecule has 0 aliphatic heterocycles. The summed E-state index contributed by atoms with van der Waals surface area (Å²) in [6.07, 6.45) is 1.47. The Morgan fingerprint density at radius 3 is 2.61 bits per heavy atom. The van der Waals surface area contributed by atoms with E-state index >= 15 is 0 Å². The number of nitrogens with zero attached hydrogens (tertiary/aromatic N) is 2. The van der Waals surface area contributed by atoms with E-state index in [1.807, 2.05) is 19.9 Å². The summed E-state index contributed by atoms with van der Waals surface area (Å²) < 4.78 is 1.30. The van der Waals surface area contributed by atoms with Crippen LogP contribution in [0.3, 0.4) is 0 Å². The van der Waals surface area contributed by atoms with Crippen LogP contribution in [-0.4, -0.2) is 16.0 Å². The molecule has 2 rings (SSSR count). The van der Waals surface area contributed by atoms with Gasteiger partial charge in [-0.15, -0.1) is 0 Å². The summed E-state index contributed by atoms with van der Waals surface area (Å²) in [4.78, 5) is 11.8. The summed E-state index contributed by atoms with van der Waals surface area (Å²) >= 11 is 0. The number of aromatic nitrogens is 1. The van der Waals surface area contributed by atoms with E-state index in [0.29, 0.717) is 5.56 Å². The van der Waals surface area contributed by atoms with Gasteiger partial charge in [-0.05, 0) is 37.6 Å². The van der Waals surface area contributed by atoms with Crippen molar-refractivity contribution in [2.24, 2.45) is 5.10 Å². The predicted octanol–water partition coefficient (Wildman–Crippen LogP) is 2.05. The second-order valence-corrected chi connectivity index (χ2v) is 4.13. The molecule has 1 N–H and O–H groups in total. The van der Waals surface area contributed by atoms with Crippen LogP contribution < -0.4 is 5.56 Å². The van der Waals surface area contributed by atoms with E-state index < -0.39 is 0 Å². The standard InChI is InChI=1S/C14H14N2O2/c1-10-7-11(2)16(14(18)8-10)15-9-12-5-3-4-6-13(12)17/h3-9,17H,1-2H3/b15-9-. The van der Waals surface area contributed by atoms with Gasteiger partial charge in [0.2, 0.25) is 0 Å². The molecule has 0 aliphatic rings. The lowest BCUT2D eigenvalue weighted by Crippen LogP contribution is -2.18.